The van der Waals surface area contributed by atoms with Crippen LogP contribution in [0.25, 0.3) is 0 Å². The van der Waals surface area contributed by atoms with Crippen molar-refractivity contribution < 1.29 is 14.3 Å². The molecule has 0 radical (unpaired) electrons. The summed E-state index contributed by atoms with van der Waals surface area (Å²) in [7, 11) is 0. The molecule has 0 saturated carbocycles. The highest BCUT2D eigenvalue weighted by Gasteiger charge is 2.17. The van der Waals surface area contributed by atoms with Gasteiger partial charge in [-0.3, -0.25) is 4.79 Å². The van der Waals surface area contributed by atoms with E-state index >= 15 is 0 Å². The van der Waals surface area contributed by atoms with Crippen molar-refractivity contribution in [2.45, 2.75) is 32.7 Å². The number of nitrogens with two attached hydrogens (primary N) is 1. The van der Waals surface area contributed by atoms with Crippen molar-refractivity contribution in [2.75, 3.05) is 11.9 Å². The number of benzene rings is 1. The lowest BCUT2D eigenvalue weighted by Gasteiger charge is -2.13. The molecule has 104 valence electrons. The molecule has 1 aromatic rings. The fraction of sp³-hybridized carbons (Fsp3) is 0.429. The zero-order chi connectivity index (χ0) is 14.3. The summed E-state index contributed by atoms with van der Waals surface area (Å²) in [6.45, 7) is 3.98. The maximum Gasteiger partial charge on any atom is 0.340 e. The molecular formula is C14H20N2O3. The minimum atomic E-state index is -0.569. The lowest BCUT2D eigenvalue weighted by Crippen LogP contribution is -2.35. The molecule has 1 aromatic carbocycles. The molecule has 0 saturated heterocycles. The van der Waals surface area contributed by atoms with Crippen LogP contribution in [0.1, 0.15) is 37.0 Å². The van der Waals surface area contributed by atoms with Crippen LogP contribution in [-0.4, -0.2) is 24.5 Å². The number of esters is 1. The number of hydrogen-bond donors (Lipinski definition) is 2. The Morgan fingerprint density at radius 3 is 2.63 bits per heavy atom. The van der Waals surface area contributed by atoms with Gasteiger partial charge in [-0.15, -0.1) is 0 Å². The van der Waals surface area contributed by atoms with E-state index in [9.17, 15) is 9.59 Å². The van der Waals surface area contributed by atoms with E-state index in [1.807, 2.05) is 6.92 Å². The van der Waals surface area contributed by atoms with Gasteiger partial charge in [-0.2, -0.15) is 0 Å². The number of carbonyl (C=O) groups is 2. The van der Waals surface area contributed by atoms with Gasteiger partial charge in [0.2, 0.25) is 5.91 Å². The minimum Gasteiger partial charge on any atom is -0.462 e. The predicted octanol–water partition coefficient (Wildman–Crippen LogP) is 1.93. The number of amides is 1. The molecule has 0 spiro atoms. The van der Waals surface area contributed by atoms with Gasteiger partial charge < -0.3 is 15.8 Å². The normalized spacial score (nSPS) is 11.7. The van der Waals surface area contributed by atoms with Gasteiger partial charge in [0, 0.05) is 0 Å². The molecule has 5 heteroatoms. The van der Waals surface area contributed by atoms with E-state index < -0.39 is 12.0 Å². The minimum absolute atomic E-state index is 0.288. The summed E-state index contributed by atoms with van der Waals surface area (Å²) >= 11 is 0. The van der Waals surface area contributed by atoms with Crippen molar-refractivity contribution in [1.29, 1.82) is 0 Å². The van der Waals surface area contributed by atoms with Gasteiger partial charge in [0.15, 0.2) is 0 Å². The fourth-order valence-corrected chi connectivity index (χ4v) is 1.65. The second-order valence-corrected chi connectivity index (χ2v) is 4.15. The first-order valence-corrected chi connectivity index (χ1v) is 6.42. The number of rotatable bonds is 6. The summed E-state index contributed by atoms with van der Waals surface area (Å²) < 4.78 is 4.94. The molecule has 1 atom stereocenters. The molecule has 1 amide bonds. The van der Waals surface area contributed by atoms with E-state index in [1.165, 1.54) is 0 Å². The van der Waals surface area contributed by atoms with Gasteiger partial charge in [-0.1, -0.05) is 25.5 Å². The molecule has 0 aromatic heterocycles. The number of ether oxygens (including phenoxy) is 1. The van der Waals surface area contributed by atoms with Crippen LogP contribution in [0.2, 0.25) is 0 Å². The third-order valence-corrected chi connectivity index (χ3v) is 2.62. The van der Waals surface area contributed by atoms with Gasteiger partial charge in [-0.25, -0.2) is 4.79 Å². The molecule has 0 bridgehead atoms. The van der Waals surface area contributed by atoms with Crippen molar-refractivity contribution in [1.82, 2.24) is 0 Å². The second kappa shape index (κ2) is 7.53. The molecule has 0 fully saturated rings. The second-order valence-electron chi connectivity index (χ2n) is 4.15. The zero-order valence-corrected chi connectivity index (χ0v) is 11.3. The molecule has 0 aliphatic carbocycles. The Balaban J connectivity index is 2.83. The summed E-state index contributed by atoms with van der Waals surface area (Å²) in [5.74, 6) is -0.749. The monoisotopic (exact) mass is 264 g/mol. The molecule has 0 heterocycles. The lowest BCUT2D eigenvalue weighted by molar-refractivity contribution is -0.117. The Labute approximate surface area is 113 Å². The van der Waals surface area contributed by atoms with Gasteiger partial charge in [0.1, 0.15) is 0 Å². The molecule has 5 nitrogen and oxygen atoms in total. The van der Waals surface area contributed by atoms with E-state index in [-0.39, 0.29) is 12.5 Å². The van der Waals surface area contributed by atoms with Crippen LogP contribution in [0, 0.1) is 0 Å². The summed E-state index contributed by atoms with van der Waals surface area (Å²) in [6, 6.07) is 6.15. The van der Waals surface area contributed by atoms with Crippen molar-refractivity contribution in [3.8, 4) is 0 Å². The van der Waals surface area contributed by atoms with Crippen LogP contribution >= 0.6 is 0 Å². The molecular weight excluding hydrogens is 244 g/mol. The first kappa shape index (κ1) is 15.2. The third kappa shape index (κ3) is 4.37. The van der Waals surface area contributed by atoms with Crippen LogP contribution in [0.4, 0.5) is 5.69 Å². The van der Waals surface area contributed by atoms with E-state index in [2.05, 4.69) is 5.32 Å². The van der Waals surface area contributed by atoms with E-state index in [4.69, 9.17) is 10.5 Å². The van der Waals surface area contributed by atoms with Crippen LogP contribution < -0.4 is 11.1 Å². The van der Waals surface area contributed by atoms with Gasteiger partial charge >= 0.3 is 5.97 Å². The summed E-state index contributed by atoms with van der Waals surface area (Å²) in [5, 5.41) is 2.67. The zero-order valence-electron chi connectivity index (χ0n) is 11.3. The lowest BCUT2D eigenvalue weighted by atomic mass is 10.1. The summed E-state index contributed by atoms with van der Waals surface area (Å²) in [4.78, 5) is 23.6. The smallest absolute Gasteiger partial charge is 0.340 e. The van der Waals surface area contributed by atoms with E-state index in [0.29, 0.717) is 17.7 Å². The fourth-order valence-electron chi connectivity index (χ4n) is 1.65. The molecule has 1 rings (SSSR count). The largest absolute Gasteiger partial charge is 0.462 e. The first-order chi connectivity index (χ1) is 9.10. The summed E-state index contributed by atoms with van der Waals surface area (Å²) in [6.07, 6.45) is 1.43. The Morgan fingerprint density at radius 2 is 2.00 bits per heavy atom. The van der Waals surface area contributed by atoms with Crippen LogP contribution in [0.5, 0.6) is 0 Å². The van der Waals surface area contributed by atoms with Crippen LogP contribution in [-0.2, 0) is 9.53 Å². The Kier molecular flexibility index (Phi) is 6.02. The number of nitrogens with one attached hydrogen (secondary N) is 1. The molecule has 3 N–H and O–H groups in total. The van der Waals surface area contributed by atoms with Crippen molar-refractivity contribution in [3.63, 3.8) is 0 Å². The van der Waals surface area contributed by atoms with Crippen LogP contribution in [0.3, 0.4) is 0 Å². The first-order valence-electron chi connectivity index (χ1n) is 6.42. The topological polar surface area (TPSA) is 81.4 Å². The van der Waals surface area contributed by atoms with Gasteiger partial charge in [0.25, 0.3) is 0 Å². The predicted molar refractivity (Wildman–Crippen MR) is 73.9 cm³/mol. The SMILES string of the molecule is CCC[C@@H](N)C(=O)Nc1ccccc1C(=O)OCC. The average molecular weight is 264 g/mol. The summed E-state index contributed by atoms with van der Waals surface area (Å²) in [5.41, 5.74) is 6.50. The van der Waals surface area contributed by atoms with Gasteiger partial charge in [0.05, 0.1) is 23.9 Å². The number of para-hydroxylation sites is 1. The van der Waals surface area contributed by atoms with Crippen molar-refractivity contribution in [3.05, 3.63) is 29.8 Å². The molecule has 19 heavy (non-hydrogen) atoms. The van der Waals surface area contributed by atoms with Crippen LogP contribution in [0.15, 0.2) is 24.3 Å². The molecule has 0 aliphatic heterocycles. The number of carbonyl (C=O) groups excluding carboxylic acids is 2. The van der Waals surface area contributed by atoms with Gasteiger partial charge in [-0.05, 0) is 25.5 Å². The number of anilines is 1. The standard InChI is InChI=1S/C14H20N2O3/c1-3-7-11(15)13(17)16-12-9-6-5-8-10(12)14(18)19-4-2/h5-6,8-9,11H,3-4,7,15H2,1-2H3,(H,16,17)/t11-/m1/s1. The quantitative estimate of drug-likeness (QED) is 0.769. The van der Waals surface area contributed by atoms with E-state index in [1.54, 1.807) is 31.2 Å². The maximum absolute atomic E-state index is 11.8. The Hall–Kier alpha value is -1.88. The highest BCUT2D eigenvalue weighted by atomic mass is 16.5. The van der Waals surface area contributed by atoms with Crippen molar-refractivity contribution >= 4 is 17.6 Å². The molecule has 0 aliphatic rings. The van der Waals surface area contributed by atoms with Crippen molar-refractivity contribution in [2.24, 2.45) is 5.73 Å². The third-order valence-electron chi connectivity index (χ3n) is 2.62. The molecule has 0 unspecified atom stereocenters. The average Bonchev–Trinajstić information content (AvgIpc) is 2.39. The Morgan fingerprint density at radius 1 is 1.32 bits per heavy atom. The highest BCUT2D eigenvalue weighted by molar-refractivity contribution is 6.02. The Bertz CT molecular complexity index is 446. The highest BCUT2D eigenvalue weighted by Crippen LogP contribution is 2.16. The maximum atomic E-state index is 11.8. The van der Waals surface area contributed by atoms with E-state index in [0.717, 1.165) is 6.42 Å². The number of hydrogen-bond acceptors (Lipinski definition) is 4.